The van der Waals surface area contributed by atoms with Crippen LogP contribution in [-0.2, 0) is 44.0 Å². The second-order valence-corrected chi connectivity index (χ2v) is 11.0. The molecule has 3 aromatic rings. The molecule has 0 amide bonds. The summed E-state index contributed by atoms with van der Waals surface area (Å²) in [6.45, 7) is 1.21. The van der Waals surface area contributed by atoms with Crippen molar-refractivity contribution in [2.45, 2.75) is 36.7 Å². The zero-order valence-electron chi connectivity index (χ0n) is 22.1. The van der Waals surface area contributed by atoms with Crippen molar-refractivity contribution in [2.75, 3.05) is 26.3 Å². The van der Waals surface area contributed by atoms with Gasteiger partial charge in [0.05, 0.1) is 30.8 Å². The molecule has 13 heteroatoms. The molecule has 0 bridgehead atoms. The third-order valence-electron chi connectivity index (χ3n) is 6.30. The van der Waals surface area contributed by atoms with E-state index in [-0.39, 0.29) is 43.0 Å². The lowest BCUT2D eigenvalue weighted by atomic mass is 10.1. The van der Waals surface area contributed by atoms with Crippen LogP contribution in [0.2, 0.25) is 0 Å². The van der Waals surface area contributed by atoms with Crippen molar-refractivity contribution >= 4 is 16.5 Å². The van der Waals surface area contributed by atoms with Crippen molar-refractivity contribution in [3.63, 3.8) is 0 Å². The topological polar surface area (TPSA) is 173 Å². The van der Waals surface area contributed by atoms with Gasteiger partial charge in [-0.2, -0.15) is 0 Å². The largest absolute Gasteiger partial charge is 0.508 e. The van der Waals surface area contributed by atoms with Gasteiger partial charge in [-0.15, -0.1) is 0 Å². The highest BCUT2D eigenvalue weighted by atomic mass is 32.2. The summed E-state index contributed by atoms with van der Waals surface area (Å²) in [6.07, 6.45) is -0.481. The Bertz CT molecular complexity index is 1430. The number of benzene rings is 3. The minimum absolute atomic E-state index is 0.0106. The molecule has 41 heavy (non-hydrogen) atoms. The monoisotopic (exact) mass is 588 g/mol. The van der Waals surface area contributed by atoms with E-state index in [1.807, 2.05) is 18.2 Å². The number of aliphatic hydroxyl groups excluding tert-OH is 2. The van der Waals surface area contributed by atoms with Crippen LogP contribution in [-0.4, -0.2) is 62.6 Å². The van der Waals surface area contributed by atoms with E-state index in [0.717, 1.165) is 5.56 Å². The van der Waals surface area contributed by atoms with Crippen LogP contribution in [0.15, 0.2) is 65.6 Å². The van der Waals surface area contributed by atoms with E-state index in [1.54, 1.807) is 29.2 Å². The third kappa shape index (κ3) is 8.39. The number of carbonyl (C=O) groups excluding carboxylic acids is 1. The number of carbonyl (C=O) groups is 1. The summed E-state index contributed by atoms with van der Waals surface area (Å²) in [5, 5.41) is 32.6. The van der Waals surface area contributed by atoms with Gasteiger partial charge in [0.25, 0.3) is 10.0 Å². The molecule has 0 unspecified atom stereocenters. The molecule has 0 saturated carbocycles. The van der Waals surface area contributed by atoms with Crippen molar-refractivity contribution in [3.8, 4) is 17.2 Å². The van der Waals surface area contributed by atoms with E-state index in [2.05, 4.69) is 10.2 Å². The Labute approximate surface area is 237 Å². The molecule has 0 fully saturated rings. The van der Waals surface area contributed by atoms with E-state index in [0.29, 0.717) is 54.3 Å². The highest BCUT2D eigenvalue weighted by Gasteiger charge is 2.22. The molecule has 5 N–H and O–H groups in total. The predicted octanol–water partition coefficient (Wildman–Crippen LogP) is 1.47. The van der Waals surface area contributed by atoms with Gasteiger partial charge in [0.15, 0.2) is 17.6 Å². The highest BCUT2D eigenvalue weighted by molar-refractivity contribution is 7.89. The van der Waals surface area contributed by atoms with Gasteiger partial charge < -0.3 is 39.7 Å². The van der Waals surface area contributed by atoms with E-state index in [9.17, 15) is 28.5 Å². The number of fused-ring (bicyclic) bond motifs is 1. The molecule has 1 aliphatic heterocycles. The molecular weight excluding hydrogens is 556 g/mol. The van der Waals surface area contributed by atoms with Gasteiger partial charge in [0, 0.05) is 12.1 Å². The summed E-state index contributed by atoms with van der Waals surface area (Å²) in [4.78, 5) is 16.1. The van der Waals surface area contributed by atoms with Crippen LogP contribution in [0.5, 0.6) is 17.2 Å². The van der Waals surface area contributed by atoms with Crippen molar-refractivity contribution in [1.29, 1.82) is 0 Å². The van der Waals surface area contributed by atoms with Crippen molar-refractivity contribution in [1.82, 2.24) is 10.2 Å². The van der Waals surface area contributed by atoms with Gasteiger partial charge in [0.2, 0.25) is 0 Å². The Morgan fingerprint density at radius 1 is 1.07 bits per heavy atom. The Kier molecular flexibility index (Phi) is 10.5. The second-order valence-electron chi connectivity index (χ2n) is 9.31. The highest BCUT2D eigenvalue weighted by Crippen LogP contribution is 2.33. The molecular formula is C28H32N2O10S. The molecule has 3 aromatic carbocycles. The Hall–Kier alpha value is -3.72. The average molecular weight is 589 g/mol. The quantitative estimate of drug-likeness (QED) is 0.0989. The molecule has 220 valence electrons. The van der Waals surface area contributed by atoms with Crippen LogP contribution in [0.1, 0.15) is 28.4 Å². The fourth-order valence-corrected chi connectivity index (χ4v) is 4.99. The fourth-order valence-electron chi connectivity index (χ4n) is 4.17. The number of aliphatic hydroxyl groups is 2. The van der Waals surface area contributed by atoms with E-state index >= 15 is 0 Å². The average Bonchev–Trinajstić information content (AvgIpc) is 2.98. The van der Waals surface area contributed by atoms with Crippen LogP contribution >= 0.6 is 0 Å². The Morgan fingerprint density at radius 3 is 2.73 bits per heavy atom. The van der Waals surface area contributed by atoms with Crippen molar-refractivity contribution in [2.24, 2.45) is 0 Å². The zero-order valence-corrected chi connectivity index (χ0v) is 22.9. The number of hydrogen-bond acceptors (Lipinski definition) is 11. The predicted molar refractivity (Wildman–Crippen MR) is 145 cm³/mol. The molecule has 0 saturated heterocycles. The van der Waals surface area contributed by atoms with Crippen molar-refractivity contribution in [3.05, 3.63) is 82.9 Å². The molecule has 2 atom stereocenters. The fraction of sp³-hybridized carbons (Fsp3) is 0.321. The summed E-state index contributed by atoms with van der Waals surface area (Å²) in [5.41, 5.74) is 2.58. The first kappa shape index (κ1) is 30.2. The standard InChI is InChI=1S/C28H32N2O10S/c31-14-22-12-21(5-6-25(22)33)26(34)13-29-9-8-19-4-7-27-28(11-19)40-23(17-38-27)16-37-15-20-2-1-3-24(10-20)41(35,36)30-39-18-32/h1-7,10-12,18,23,26,29-31,33-34H,8-9,13-17H2/t23-,26-/m1/s1. The first-order valence-corrected chi connectivity index (χ1v) is 14.3. The molecule has 0 radical (unpaired) electrons. The Morgan fingerprint density at radius 2 is 1.93 bits per heavy atom. The third-order valence-corrected chi connectivity index (χ3v) is 7.49. The SMILES string of the molecule is O=CONS(=O)(=O)c1cccc(COC[C@@H]2COc3ccc(CCNC[C@@H](O)c4ccc(O)c(CO)c4)cc3O2)c1. The van der Waals surface area contributed by atoms with Gasteiger partial charge in [0.1, 0.15) is 12.4 Å². The summed E-state index contributed by atoms with van der Waals surface area (Å²) < 4.78 is 41.8. The molecule has 12 nitrogen and oxygen atoms in total. The summed E-state index contributed by atoms with van der Waals surface area (Å²) in [6, 6.07) is 16.4. The lowest BCUT2D eigenvalue weighted by molar-refractivity contribution is -0.131. The maximum absolute atomic E-state index is 12.1. The smallest absolute Gasteiger partial charge is 0.314 e. The van der Waals surface area contributed by atoms with E-state index in [4.69, 9.17) is 14.2 Å². The molecule has 0 aromatic heterocycles. The molecule has 0 aliphatic carbocycles. The lowest BCUT2D eigenvalue weighted by Gasteiger charge is -2.27. The summed E-state index contributed by atoms with van der Waals surface area (Å²) >= 11 is 0. The number of phenols is 1. The normalized spacial score (nSPS) is 15.3. The van der Waals surface area contributed by atoms with Crippen molar-refractivity contribution < 1.29 is 47.6 Å². The van der Waals surface area contributed by atoms with Crippen LogP contribution in [0.25, 0.3) is 0 Å². The van der Waals surface area contributed by atoms with Gasteiger partial charge in [-0.1, -0.05) is 24.3 Å². The van der Waals surface area contributed by atoms with E-state index < -0.39 is 16.1 Å². The minimum Gasteiger partial charge on any atom is -0.508 e. The Balaban J connectivity index is 1.23. The maximum Gasteiger partial charge on any atom is 0.314 e. The number of sulfonamides is 1. The van der Waals surface area contributed by atoms with Crippen LogP contribution in [0, 0.1) is 0 Å². The van der Waals surface area contributed by atoms with Gasteiger partial charge in [-0.25, -0.2) is 8.42 Å². The summed E-state index contributed by atoms with van der Waals surface area (Å²) in [7, 11) is -4.00. The molecule has 1 aliphatic rings. The first-order chi connectivity index (χ1) is 19.8. The number of nitrogens with one attached hydrogen (secondary N) is 2. The first-order valence-electron chi connectivity index (χ1n) is 12.8. The molecule has 1 heterocycles. The minimum atomic E-state index is -4.00. The van der Waals surface area contributed by atoms with Gasteiger partial charge in [-0.3, -0.25) is 4.79 Å². The lowest BCUT2D eigenvalue weighted by Crippen LogP contribution is -2.33. The summed E-state index contributed by atoms with van der Waals surface area (Å²) in [5.74, 6) is 1.21. The maximum atomic E-state index is 12.1. The number of ether oxygens (including phenoxy) is 3. The van der Waals surface area contributed by atoms with Crippen LogP contribution < -0.4 is 19.7 Å². The molecule has 0 spiro atoms. The van der Waals surface area contributed by atoms with Crippen LogP contribution in [0.4, 0.5) is 0 Å². The van der Waals surface area contributed by atoms with Gasteiger partial charge in [-0.05, 0) is 70.9 Å². The number of aromatic hydroxyl groups is 1. The van der Waals surface area contributed by atoms with Crippen LogP contribution in [0.3, 0.4) is 0 Å². The van der Waals surface area contributed by atoms with Gasteiger partial charge >= 0.3 is 6.47 Å². The molecule has 4 rings (SSSR count). The van der Waals surface area contributed by atoms with E-state index in [1.165, 1.54) is 18.2 Å². The number of rotatable bonds is 15. The second kappa shape index (κ2) is 14.3. The number of hydrogen-bond donors (Lipinski definition) is 5. The zero-order chi connectivity index (χ0) is 29.2.